The molecule has 2 aromatic carbocycles. The molecule has 8 heteroatoms. The Morgan fingerprint density at radius 2 is 1.71 bits per heavy atom. The molecule has 1 aliphatic rings. The molecule has 148 valence electrons. The SMILES string of the molecule is COc1cccc(CCNS(=O)(=O)c2ccc(N3C(=O)CCCC3=O)cc2)c1. The van der Waals surface area contributed by atoms with E-state index in [2.05, 4.69) is 4.72 Å². The average molecular weight is 402 g/mol. The molecule has 1 N–H and O–H groups in total. The molecule has 0 unspecified atom stereocenters. The van der Waals surface area contributed by atoms with Crippen molar-refractivity contribution in [3.63, 3.8) is 0 Å². The number of hydrogen-bond donors (Lipinski definition) is 1. The number of piperidine rings is 1. The van der Waals surface area contributed by atoms with Gasteiger partial charge in [0.1, 0.15) is 5.75 Å². The third-order valence-electron chi connectivity index (χ3n) is 4.53. The minimum absolute atomic E-state index is 0.0822. The molecule has 28 heavy (non-hydrogen) atoms. The third-order valence-corrected chi connectivity index (χ3v) is 6.00. The Bertz CT molecular complexity index is 954. The predicted octanol–water partition coefficient (Wildman–Crippen LogP) is 2.26. The molecule has 0 bridgehead atoms. The number of ether oxygens (including phenoxy) is 1. The highest BCUT2D eigenvalue weighted by Gasteiger charge is 2.27. The lowest BCUT2D eigenvalue weighted by molar-refractivity contribution is -0.129. The van der Waals surface area contributed by atoms with Crippen molar-refractivity contribution in [2.75, 3.05) is 18.6 Å². The number of amides is 2. The second kappa shape index (κ2) is 8.53. The lowest BCUT2D eigenvalue weighted by Crippen LogP contribution is -2.40. The molecular weight excluding hydrogens is 380 g/mol. The van der Waals surface area contributed by atoms with Crippen LogP contribution in [0.2, 0.25) is 0 Å². The van der Waals surface area contributed by atoms with Gasteiger partial charge in [-0.25, -0.2) is 13.1 Å². The van der Waals surface area contributed by atoms with E-state index in [4.69, 9.17) is 4.74 Å². The molecule has 2 amide bonds. The number of rotatable bonds is 7. The van der Waals surface area contributed by atoms with Crippen LogP contribution in [0.3, 0.4) is 0 Å². The minimum Gasteiger partial charge on any atom is -0.497 e. The monoisotopic (exact) mass is 402 g/mol. The molecule has 7 nitrogen and oxygen atoms in total. The van der Waals surface area contributed by atoms with E-state index in [1.165, 1.54) is 24.3 Å². The van der Waals surface area contributed by atoms with Crippen LogP contribution in [0.5, 0.6) is 5.75 Å². The number of anilines is 1. The van der Waals surface area contributed by atoms with Crippen molar-refractivity contribution in [2.45, 2.75) is 30.6 Å². The van der Waals surface area contributed by atoms with Crippen molar-refractivity contribution in [3.05, 3.63) is 54.1 Å². The fourth-order valence-electron chi connectivity index (χ4n) is 3.06. The van der Waals surface area contributed by atoms with Gasteiger partial charge in [0.2, 0.25) is 21.8 Å². The number of hydrogen-bond acceptors (Lipinski definition) is 5. The zero-order valence-corrected chi connectivity index (χ0v) is 16.4. The van der Waals surface area contributed by atoms with E-state index in [0.717, 1.165) is 16.2 Å². The van der Waals surface area contributed by atoms with Gasteiger partial charge in [0, 0.05) is 19.4 Å². The van der Waals surface area contributed by atoms with Crippen LogP contribution >= 0.6 is 0 Å². The lowest BCUT2D eigenvalue weighted by atomic mass is 10.1. The van der Waals surface area contributed by atoms with E-state index in [0.29, 0.717) is 31.4 Å². The summed E-state index contributed by atoms with van der Waals surface area (Å²) in [7, 11) is -2.11. The van der Waals surface area contributed by atoms with Crippen LogP contribution in [0.1, 0.15) is 24.8 Å². The van der Waals surface area contributed by atoms with Crippen molar-refractivity contribution < 1.29 is 22.7 Å². The van der Waals surface area contributed by atoms with Crippen molar-refractivity contribution >= 4 is 27.5 Å². The quantitative estimate of drug-likeness (QED) is 0.717. The Balaban J connectivity index is 1.65. The smallest absolute Gasteiger partial charge is 0.240 e. The molecule has 1 fully saturated rings. The molecule has 0 saturated carbocycles. The summed E-state index contributed by atoms with van der Waals surface area (Å²) in [6, 6.07) is 13.2. The van der Waals surface area contributed by atoms with E-state index in [-0.39, 0.29) is 23.3 Å². The van der Waals surface area contributed by atoms with Crippen LogP contribution in [0.25, 0.3) is 0 Å². The summed E-state index contributed by atoms with van der Waals surface area (Å²) in [6.07, 6.45) is 1.71. The van der Waals surface area contributed by atoms with Gasteiger partial charge in [-0.2, -0.15) is 0 Å². The predicted molar refractivity (Wildman–Crippen MR) is 105 cm³/mol. The van der Waals surface area contributed by atoms with Gasteiger partial charge >= 0.3 is 0 Å². The fourth-order valence-corrected chi connectivity index (χ4v) is 4.09. The van der Waals surface area contributed by atoms with E-state index in [9.17, 15) is 18.0 Å². The number of benzene rings is 2. The number of nitrogens with zero attached hydrogens (tertiary/aromatic N) is 1. The van der Waals surface area contributed by atoms with Crippen LogP contribution in [-0.2, 0) is 26.0 Å². The minimum atomic E-state index is -3.69. The van der Waals surface area contributed by atoms with Crippen LogP contribution in [-0.4, -0.2) is 33.9 Å². The number of methoxy groups -OCH3 is 1. The van der Waals surface area contributed by atoms with Gasteiger partial charge in [0.15, 0.2) is 0 Å². The van der Waals surface area contributed by atoms with Crippen LogP contribution in [0.15, 0.2) is 53.4 Å². The van der Waals surface area contributed by atoms with Gasteiger partial charge in [-0.15, -0.1) is 0 Å². The van der Waals surface area contributed by atoms with Crippen LogP contribution < -0.4 is 14.4 Å². The molecule has 0 aromatic heterocycles. The van der Waals surface area contributed by atoms with Gasteiger partial charge < -0.3 is 4.74 Å². The molecule has 2 aromatic rings. The highest BCUT2D eigenvalue weighted by molar-refractivity contribution is 7.89. The van der Waals surface area contributed by atoms with Crippen LogP contribution in [0.4, 0.5) is 5.69 Å². The maximum atomic E-state index is 12.5. The number of sulfonamides is 1. The topological polar surface area (TPSA) is 92.8 Å². The largest absolute Gasteiger partial charge is 0.497 e. The number of carbonyl (C=O) groups excluding carboxylic acids is 2. The fraction of sp³-hybridized carbons (Fsp3) is 0.300. The molecule has 0 spiro atoms. The van der Waals surface area contributed by atoms with E-state index in [1.807, 2.05) is 24.3 Å². The molecule has 3 rings (SSSR count). The summed E-state index contributed by atoms with van der Waals surface area (Å²) >= 11 is 0. The molecular formula is C20H22N2O5S. The highest BCUT2D eigenvalue weighted by Crippen LogP contribution is 2.23. The van der Waals surface area contributed by atoms with Crippen molar-refractivity contribution in [1.82, 2.24) is 4.72 Å². The summed E-state index contributed by atoms with van der Waals surface area (Å²) in [5, 5.41) is 0. The van der Waals surface area contributed by atoms with Crippen molar-refractivity contribution in [1.29, 1.82) is 0 Å². The van der Waals surface area contributed by atoms with E-state index in [1.54, 1.807) is 7.11 Å². The number of nitrogens with one attached hydrogen (secondary N) is 1. The van der Waals surface area contributed by atoms with Gasteiger partial charge in [-0.1, -0.05) is 12.1 Å². The Morgan fingerprint density at radius 3 is 2.36 bits per heavy atom. The maximum Gasteiger partial charge on any atom is 0.240 e. The van der Waals surface area contributed by atoms with Gasteiger partial charge in [-0.05, 0) is 54.8 Å². The summed E-state index contributed by atoms with van der Waals surface area (Å²) in [6.45, 7) is 0.236. The molecule has 0 aliphatic carbocycles. The molecule has 0 radical (unpaired) electrons. The summed E-state index contributed by atoms with van der Waals surface area (Å²) in [5.41, 5.74) is 1.35. The zero-order chi connectivity index (χ0) is 20.1. The Hall–Kier alpha value is -2.71. The Kier molecular flexibility index (Phi) is 6.11. The van der Waals surface area contributed by atoms with Gasteiger partial charge in [0.25, 0.3) is 0 Å². The van der Waals surface area contributed by atoms with Gasteiger partial charge in [-0.3, -0.25) is 14.5 Å². The summed E-state index contributed by atoms with van der Waals surface area (Å²) in [5.74, 6) is 0.198. The summed E-state index contributed by atoms with van der Waals surface area (Å²) in [4.78, 5) is 25.2. The lowest BCUT2D eigenvalue weighted by Gasteiger charge is -2.24. The first-order valence-electron chi connectivity index (χ1n) is 8.99. The third kappa shape index (κ3) is 4.58. The Morgan fingerprint density at radius 1 is 1.04 bits per heavy atom. The normalized spacial score (nSPS) is 15.0. The average Bonchev–Trinajstić information content (AvgIpc) is 2.68. The molecule has 1 saturated heterocycles. The second-order valence-corrected chi connectivity index (χ2v) is 8.24. The van der Waals surface area contributed by atoms with E-state index < -0.39 is 10.0 Å². The van der Waals surface area contributed by atoms with Crippen LogP contribution in [0, 0.1) is 0 Å². The zero-order valence-electron chi connectivity index (χ0n) is 15.6. The first-order valence-corrected chi connectivity index (χ1v) is 10.5. The van der Waals surface area contributed by atoms with Gasteiger partial charge in [0.05, 0.1) is 17.7 Å². The Labute approximate surface area is 164 Å². The molecule has 0 atom stereocenters. The highest BCUT2D eigenvalue weighted by atomic mass is 32.2. The first kappa shape index (κ1) is 20.0. The van der Waals surface area contributed by atoms with Crippen molar-refractivity contribution in [3.8, 4) is 5.75 Å². The number of carbonyl (C=O) groups is 2. The van der Waals surface area contributed by atoms with Crippen molar-refractivity contribution in [2.24, 2.45) is 0 Å². The number of imide groups is 1. The molecule has 1 heterocycles. The molecule has 1 aliphatic heterocycles. The van der Waals surface area contributed by atoms with E-state index >= 15 is 0 Å². The second-order valence-electron chi connectivity index (χ2n) is 6.47. The first-order chi connectivity index (χ1) is 13.4. The summed E-state index contributed by atoms with van der Waals surface area (Å²) < 4.78 is 32.7. The maximum absolute atomic E-state index is 12.5. The standard InChI is InChI=1S/C20H22N2O5S/c1-27-17-5-2-4-15(14-17)12-13-21-28(25,26)18-10-8-16(9-11-18)22-19(23)6-3-7-20(22)24/h2,4-5,8-11,14,21H,3,6-7,12-13H2,1H3.